The van der Waals surface area contributed by atoms with Gasteiger partial charge in [-0.1, -0.05) is 6.07 Å². The van der Waals surface area contributed by atoms with Gasteiger partial charge in [-0.15, -0.1) is 0 Å². The lowest BCUT2D eigenvalue weighted by molar-refractivity contribution is -0.0514. The first kappa shape index (κ1) is 17.7. The molecule has 0 aromatic heterocycles. The number of alkyl halides is 2. The molecule has 0 fully saturated rings. The van der Waals surface area contributed by atoms with Gasteiger partial charge in [0.1, 0.15) is 0 Å². The van der Waals surface area contributed by atoms with E-state index in [4.69, 9.17) is 4.74 Å². The average molecular weight is 303 g/mol. The van der Waals surface area contributed by atoms with E-state index < -0.39 is 6.61 Å². The molecule has 1 aromatic rings. The smallest absolute Gasteiger partial charge is 0.387 e. The van der Waals surface area contributed by atoms with E-state index >= 15 is 0 Å². The van der Waals surface area contributed by atoms with Crippen LogP contribution in [0.2, 0.25) is 0 Å². The first-order chi connectivity index (χ1) is 9.92. The molecule has 0 heterocycles. The molecule has 6 heteroatoms. The van der Waals surface area contributed by atoms with Gasteiger partial charge in [0, 0.05) is 12.6 Å². The van der Waals surface area contributed by atoms with Gasteiger partial charge in [-0.05, 0) is 44.9 Å². The van der Waals surface area contributed by atoms with Crippen LogP contribution in [0.3, 0.4) is 0 Å². The number of aliphatic hydroxyl groups excluding tert-OH is 1. The minimum Gasteiger partial charge on any atom is -0.490 e. The van der Waals surface area contributed by atoms with Crippen LogP contribution in [0.1, 0.15) is 32.8 Å². The number of hydrogen-bond donors (Lipinski definition) is 2. The Morgan fingerprint density at radius 1 is 1.24 bits per heavy atom. The first-order valence-corrected chi connectivity index (χ1v) is 7.04. The molecule has 2 atom stereocenters. The summed E-state index contributed by atoms with van der Waals surface area (Å²) in [6.45, 7) is 3.55. The SMILES string of the molecule is CCOc1cc(CNC(C)CC(C)O)ccc1OC(F)F. The van der Waals surface area contributed by atoms with E-state index in [9.17, 15) is 13.9 Å². The maximum atomic E-state index is 12.3. The van der Waals surface area contributed by atoms with Crippen molar-refractivity contribution in [3.63, 3.8) is 0 Å². The van der Waals surface area contributed by atoms with Crippen LogP contribution in [0.4, 0.5) is 8.78 Å². The Labute approximate surface area is 124 Å². The third-order valence-electron chi connectivity index (χ3n) is 2.87. The van der Waals surface area contributed by atoms with Gasteiger partial charge >= 0.3 is 6.61 Å². The quantitative estimate of drug-likeness (QED) is 0.736. The average Bonchev–Trinajstić information content (AvgIpc) is 2.38. The second-order valence-corrected chi connectivity index (χ2v) is 4.96. The normalized spacial score (nSPS) is 14.0. The molecule has 0 aliphatic carbocycles. The number of halogens is 2. The maximum absolute atomic E-state index is 12.3. The molecule has 0 aliphatic heterocycles. The number of benzene rings is 1. The van der Waals surface area contributed by atoms with Crippen molar-refractivity contribution >= 4 is 0 Å². The number of hydrogen-bond acceptors (Lipinski definition) is 4. The monoisotopic (exact) mass is 303 g/mol. The van der Waals surface area contributed by atoms with Crippen molar-refractivity contribution in [2.45, 2.75) is 52.5 Å². The molecule has 2 unspecified atom stereocenters. The van der Waals surface area contributed by atoms with Gasteiger partial charge in [-0.2, -0.15) is 8.78 Å². The van der Waals surface area contributed by atoms with Gasteiger partial charge < -0.3 is 19.9 Å². The molecule has 0 saturated heterocycles. The fourth-order valence-electron chi connectivity index (χ4n) is 2.01. The highest BCUT2D eigenvalue weighted by Gasteiger charge is 2.12. The Kier molecular flexibility index (Phi) is 7.39. The summed E-state index contributed by atoms with van der Waals surface area (Å²) in [5.74, 6) is 0.341. The summed E-state index contributed by atoms with van der Waals surface area (Å²) in [6.07, 6.45) is 0.276. The van der Waals surface area contributed by atoms with Crippen LogP contribution in [-0.4, -0.2) is 30.5 Å². The van der Waals surface area contributed by atoms with Gasteiger partial charge in [0.15, 0.2) is 11.5 Å². The predicted octanol–water partition coefficient (Wildman–Crippen LogP) is 2.94. The van der Waals surface area contributed by atoms with E-state index in [1.807, 2.05) is 6.92 Å². The third kappa shape index (κ3) is 6.73. The molecule has 0 spiro atoms. The molecule has 0 radical (unpaired) electrons. The molecule has 0 aliphatic rings. The summed E-state index contributed by atoms with van der Waals surface area (Å²) in [5.41, 5.74) is 0.900. The van der Waals surface area contributed by atoms with Crippen molar-refractivity contribution in [1.82, 2.24) is 5.32 Å². The van der Waals surface area contributed by atoms with E-state index in [1.165, 1.54) is 6.07 Å². The van der Waals surface area contributed by atoms with Crippen LogP contribution in [0.15, 0.2) is 18.2 Å². The summed E-state index contributed by atoms with van der Waals surface area (Å²) in [4.78, 5) is 0. The van der Waals surface area contributed by atoms with Crippen molar-refractivity contribution in [1.29, 1.82) is 0 Å². The van der Waals surface area contributed by atoms with Gasteiger partial charge in [0.25, 0.3) is 0 Å². The molecule has 0 saturated carbocycles. The first-order valence-electron chi connectivity index (χ1n) is 7.04. The fraction of sp³-hybridized carbons (Fsp3) is 0.600. The number of nitrogens with one attached hydrogen (secondary N) is 1. The summed E-state index contributed by atoms with van der Waals surface area (Å²) in [6, 6.07) is 5.02. The largest absolute Gasteiger partial charge is 0.490 e. The fourth-order valence-corrected chi connectivity index (χ4v) is 2.01. The topological polar surface area (TPSA) is 50.7 Å². The lowest BCUT2D eigenvalue weighted by Crippen LogP contribution is -2.28. The van der Waals surface area contributed by atoms with Gasteiger partial charge in [0.05, 0.1) is 12.7 Å². The number of ether oxygens (including phenoxy) is 2. The van der Waals surface area contributed by atoms with Gasteiger partial charge in [-0.3, -0.25) is 0 Å². The second kappa shape index (κ2) is 8.79. The highest BCUT2D eigenvalue weighted by molar-refractivity contribution is 5.43. The minimum atomic E-state index is -2.88. The molecule has 0 amide bonds. The zero-order valence-corrected chi connectivity index (χ0v) is 12.6. The van der Waals surface area contributed by atoms with Crippen LogP contribution in [0.5, 0.6) is 11.5 Å². The Bertz CT molecular complexity index is 427. The zero-order valence-electron chi connectivity index (χ0n) is 12.6. The molecule has 2 N–H and O–H groups in total. The molecule has 0 bridgehead atoms. The van der Waals surface area contributed by atoms with E-state index in [1.54, 1.807) is 26.0 Å². The summed E-state index contributed by atoms with van der Waals surface area (Å²) >= 11 is 0. The third-order valence-corrected chi connectivity index (χ3v) is 2.87. The lowest BCUT2D eigenvalue weighted by Gasteiger charge is -2.17. The highest BCUT2D eigenvalue weighted by atomic mass is 19.3. The number of aliphatic hydroxyl groups is 1. The van der Waals surface area contributed by atoms with E-state index in [0.29, 0.717) is 25.3 Å². The highest BCUT2D eigenvalue weighted by Crippen LogP contribution is 2.29. The van der Waals surface area contributed by atoms with Gasteiger partial charge in [-0.25, -0.2) is 0 Å². The number of rotatable bonds is 9. The van der Waals surface area contributed by atoms with E-state index in [2.05, 4.69) is 10.1 Å². The Morgan fingerprint density at radius 3 is 2.52 bits per heavy atom. The van der Waals surface area contributed by atoms with Crippen molar-refractivity contribution in [2.75, 3.05) is 6.61 Å². The predicted molar refractivity (Wildman–Crippen MR) is 76.8 cm³/mol. The maximum Gasteiger partial charge on any atom is 0.387 e. The van der Waals surface area contributed by atoms with Gasteiger partial charge in [0.2, 0.25) is 0 Å². The standard InChI is InChI=1S/C15H23F2NO3/c1-4-20-14-8-12(5-6-13(14)21-15(16)17)9-18-10(2)7-11(3)19/h5-6,8,10-11,15,18-19H,4,7,9H2,1-3H3. The Hall–Kier alpha value is -1.40. The van der Waals surface area contributed by atoms with Crippen LogP contribution in [0, 0.1) is 0 Å². The van der Waals surface area contributed by atoms with E-state index in [-0.39, 0.29) is 17.9 Å². The Balaban J connectivity index is 2.69. The Morgan fingerprint density at radius 2 is 1.95 bits per heavy atom. The lowest BCUT2D eigenvalue weighted by atomic mass is 10.1. The van der Waals surface area contributed by atoms with Crippen molar-refractivity contribution in [2.24, 2.45) is 0 Å². The minimum absolute atomic E-state index is 0.0348. The molecule has 120 valence electrons. The molecule has 21 heavy (non-hydrogen) atoms. The van der Waals surface area contributed by atoms with Crippen molar-refractivity contribution < 1.29 is 23.4 Å². The van der Waals surface area contributed by atoms with E-state index in [0.717, 1.165) is 5.56 Å². The second-order valence-electron chi connectivity index (χ2n) is 4.96. The molecular formula is C15H23F2NO3. The van der Waals surface area contributed by atoms with Crippen LogP contribution >= 0.6 is 0 Å². The molecular weight excluding hydrogens is 280 g/mol. The molecule has 1 aromatic carbocycles. The zero-order chi connectivity index (χ0) is 15.8. The summed E-state index contributed by atoms with van der Waals surface area (Å²) in [7, 11) is 0. The van der Waals surface area contributed by atoms with Crippen molar-refractivity contribution in [3.8, 4) is 11.5 Å². The molecule has 4 nitrogen and oxygen atoms in total. The van der Waals surface area contributed by atoms with Crippen LogP contribution in [-0.2, 0) is 6.54 Å². The van der Waals surface area contributed by atoms with Crippen molar-refractivity contribution in [3.05, 3.63) is 23.8 Å². The van der Waals surface area contributed by atoms with Crippen LogP contribution in [0.25, 0.3) is 0 Å². The van der Waals surface area contributed by atoms with Crippen LogP contribution < -0.4 is 14.8 Å². The summed E-state index contributed by atoms with van der Waals surface area (Å²) < 4.78 is 34.3. The molecule has 1 rings (SSSR count). The summed E-state index contributed by atoms with van der Waals surface area (Å²) in [5, 5.41) is 12.6.